The lowest BCUT2D eigenvalue weighted by molar-refractivity contribution is 0.0600. The number of fused-ring (bicyclic) bond motifs is 1. The lowest BCUT2D eigenvalue weighted by Crippen LogP contribution is -2.01. The maximum atomic E-state index is 11.3. The van der Waals surface area contributed by atoms with Gasteiger partial charge in [0.05, 0.1) is 18.4 Å². The molecule has 0 aliphatic carbocycles. The van der Waals surface area contributed by atoms with Crippen LogP contribution in [-0.4, -0.2) is 19.3 Å². The SMILES string of the molecule is COC(=O)c1cc(Br)c2c(c1)CC=N2. The Morgan fingerprint density at radius 1 is 1.57 bits per heavy atom. The minimum absolute atomic E-state index is 0.319. The van der Waals surface area contributed by atoms with Crippen LogP contribution >= 0.6 is 15.9 Å². The fraction of sp³-hybridized carbons (Fsp3) is 0.200. The van der Waals surface area contributed by atoms with Gasteiger partial charge < -0.3 is 4.74 Å². The van der Waals surface area contributed by atoms with Gasteiger partial charge in [-0.05, 0) is 33.6 Å². The normalized spacial score (nSPS) is 12.7. The fourth-order valence-corrected chi connectivity index (χ4v) is 2.03. The zero-order chi connectivity index (χ0) is 10.1. The van der Waals surface area contributed by atoms with E-state index in [1.54, 1.807) is 6.07 Å². The van der Waals surface area contributed by atoms with Crippen molar-refractivity contribution in [1.82, 2.24) is 0 Å². The summed E-state index contributed by atoms with van der Waals surface area (Å²) in [4.78, 5) is 15.5. The van der Waals surface area contributed by atoms with Crippen molar-refractivity contribution in [1.29, 1.82) is 0 Å². The largest absolute Gasteiger partial charge is 0.465 e. The molecule has 3 nitrogen and oxygen atoms in total. The number of aliphatic imine (C=N–C) groups is 1. The molecule has 1 heterocycles. The van der Waals surface area contributed by atoms with Gasteiger partial charge >= 0.3 is 5.97 Å². The molecule has 72 valence electrons. The second kappa shape index (κ2) is 3.53. The van der Waals surface area contributed by atoms with E-state index in [9.17, 15) is 4.79 Å². The molecular weight excluding hydrogens is 246 g/mol. The first-order valence-electron chi connectivity index (χ1n) is 4.15. The molecule has 1 aromatic carbocycles. The van der Waals surface area contributed by atoms with Gasteiger partial charge in [-0.15, -0.1) is 0 Å². The Bertz CT molecular complexity index is 426. The minimum atomic E-state index is -0.319. The highest BCUT2D eigenvalue weighted by Gasteiger charge is 2.15. The smallest absolute Gasteiger partial charge is 0.337 e. The molecular formula is C10H8BrNO2. The van der Waals surface area contributed by atoms with Crippen molar-refractivity contribution in [3.63, 3.8) is 0 Å². The standard InChI is InChI=1S/C10H8BrNO2/c1-14-10(13)7-4-6-2-3-12-9(6)8(11)5-7/h3-5H,2H2,1H3. The number of benzene rings is 1. The molecule has 0 saturated heterocycles. The predicted molar refractivity (Wildman–Crippen MR) is 57.3 cm³/mol. The summed E-state index contributed by atoms with van der Waals surface area (Å²) >= 11 is 3.37. The van der Waals surface area contributed by atoms with Crippen LogP contribution in [-0.2, 0) is 11.2 Å². The number of halogens is 1. The van der Waals surface area contributed by atoms with E-state index >= 15 is 0 Å². The number of hydrogen-bond donors (Lipinski definition) is 0. The number of nitrogens with zero attached hydrogens (tertiary/aromatic N) is 1. The van der Waals surface area contributed by atoms with E-state index < -0.39 is 0 Å². The first kappa shape index (κ1) is 9.40. The summed E-state index contributed by atoms with van der Waals surface area (Å²) in [5.74, 6) is -0.319. The lowest BCUT2D eigenvalue weighted by atomic mass is 10.1. The Morgan fingerprint density at radius 3 is 3.07 bits per heavy atom. The molecule has 0 atom stereocenters. The number of rotatable bonds is 1. The molecule has 4 heteroatoms. The number of hydrogen-bond acceptors (Lipinski definition) is 3. The second-order valence-corrected chi connectivity index (χ2v) is 3.83. The van der Waals surface area contributed by atoms with Crippen LogP contribution < -0.4 is 0 Å². The van der Waals surface area contributed by atoms with Crippen molar-refractivity contribution in [2.45, 2.75) is 6.42 Å². The van der Waals surface area contributed by atoms with Gasteiger partial charge in [-0.2, -0.15) is 0 Å². The molecule has 0 aromatic heterocycles. The topological polar surface area (TPSA) is 38.7 Å². The number of esters is 1. The molecule has 0 N–H and O–H groups in total. The van der Waals surface area contributed by atoms with E-state index in [-0.39, 0.29) is 5.97 Å². The van der Waals surface area contributed by atoms with Crippen LogP contribution in [0.4, 0.5) is 5.69 Å². The van der Waals surface area contributed by atoms with Crippen LogP contribution in [0.3, 0.4) is 0 Å². The maximum absolute atomic E-state index is 11.3. The number of carbonyl (C=O) groups is 1. The molecule has 0 unspecified atom stereocenters. The quantitative estimate of drug-likeness (QED) is 0.722. The molecule has 0 amide bonds. The highest BCUT2D eigenvalue weighted by molar-refractivity contribution is 9.10. The van der Waals surface area contributed by atoms with Crippen molar-refractivity contribution >= 4 is 33.8 Å². The number of carbonyl (C=O) groups excluding carboxylic acids is 1. The van der Waals surface area contributed by atoms with E-state index in [1.165, 1.54) is 7.11 Å². The van der Waals surface area contributed by atoms with E-state index in [0.29, 0.717) is 5.56 Å². The number of methoxy groups -OCH3 is 1. The summed E-state index contributed by atoms with van der Waals surface area (Å²) in [5.41, 5.74) is 2.53. The minimum Gasteiger partial charge on any atom is -0.465 e. The third kappa shape index (κ3) is 1.46. The van der Waals surface area contributed by atoms with Gasteiger partial charge in [-0.3, -0.25) is 4.99 Å². The summed E-state index contributed by atoms with van der Waals surface area (Å²) in [6.45, 7) is 0. The zero-order valence-corrected chi connectivity index (χ0v) is 9.17. The van der Waals surface area contributed by atoms with Crippen LogP contribution in [0, 0.1) is 0 Å². The number of ether oxygens (including phenoxy) is 1. The summed E-state index contributed by atoms with van der Waals surface area (Å²) in [7, 11) is 1.37. The van der Waals surface area contributed by atoms with Crippen molar-refractivity contribution < 1.29 is 9.53 Å². The van der Waals surface area contributed by atoms with Gasteiger partial charge in [0.2, 0.25) is 0 Å². The first-order chi connectivity index (χ1) is 6.72. The van der Waals surface area contributed by atoms with Crippen LogP contribution in [0.2, 0.25) is 0 Å². The summed E-state index contributed by atoms with van der Waals surface area (Å²) in [6.07, 6.45) is 2.61. The first-order valence-corrected chi connectivity index (χ1v) is 4.95. The monoisotopic (exact) mass is 253 g/mol. The van der Waals surface area contributed by atoms with E-state index in [1.807, 2.05) is 12.3 Å². The molecule has 1 aromatic rings. The molecule has 1 aliphatic heterocycles. The van der Waals surface area contributed by atoms with Gasteiger partial charge in [-0.1, -0.05) is 0 Å². The van der Waals surface area contributed by atoms with Gasteiger partial charge in [0, 0.05) is 17.1 Å². The Balaban J connectivity index is 2.49. The molecule has 2 rings (SSSR count). The molecule has 0 spiro atoms. The third-order valence-corrected chi connectivity index (χ3v) is 2.70. The Hall–Kier alpha value is -1.16. The average Bonchev–Trinajstić information content (AvgIpc) is 2.64. The molecule has 14 heavy (non-hydrogen) atoms. The van der Waals surface area contributed by atoms with Gasteiger partial charge in [0.1, 0.15) is 0 Å². The Kier molecular flexibility index (Phi) is 2.37. The van der Waals surface area contributed by atoms with Crippen LogP contribution in [0.15, 0.2) is 21.6 Å². The van der Waals surface area contributed by atoms with Crippen molar-refractivity contribution in [2.75, 3.05) is 7.11 Å². The molecule has 0 radical (unpaired) electrons. The lowest BCUT2D eigenvalue weighted by Gasteiger charge is -2.04. The Labute approximate surface area is 89.9 Å². The maximum Gasteiger partial charge on any atom is 0.337 e. The zero-order valence-electron chi connectivity index (χ0n) is 7.58. The van der Waals surface area contributed by atoms with Crippen molar-refractivity contribution in [3.05, 3.63) is 27.7 Å². The average molecular weight is 254 g/mol. The molecule has 0 fully saturated rings. The van der Waals surface area contributed by atoms with E-state index in [0.717, 1.165) is 22.1 Å². The third-order valence-electron chi connectivity index (χ3n) is 2.10. The second-order valence-electron chi connectivity index (χ2n) is 2.97. The van der Waals surface area contributed by atoms with Crippen LogP contribution in [0.1, 0.15) is 15.9 Å². The van der Waals surface area contributed by atoms with Crippen LogP contribution in [0.25, 0.3) is 0 Å². The molecule has 0 saturated carbocycles. The fourth-order valence-electron chi connectivity index (χ4n) is 1.43. The van der Waals surface area contributed by atoms with Crippen molar-refractivity contribution in [3.8, 4) is 0 Å². The van der Waals surface area contributed by atoms with Gasteiger partial charge in [0.15, 0.2) is 0 Å². The summed E-state index contributed by atoms with van der Waals surface area (Å²) < 4.78 is 5.49. The van der Waals surface area contributed by atoms with Crippen molar-refractivity contribution in [2.24, 2.45) is 4.99 Å². The van der Waals surface area contributed by atoms with Gasteiger partial charge in [-0.25, -0.2) is 4.79 Å². The predicted octanol–water partition coefficient (Wildman–Crippen LogP) is 2.49. The Morgan fingerprint density at radius 2 is 2.36 bits per heavy atom. The highest BCUT2D eigenvalue weighted by atomic mass is 79.9. The molecule has 1 aliphatic rings. The highest BCUT2D eigenvalue weighted by Crippen LogP contribution is 2.34. The summed E-state index contributed by atoms with van der Waals surface area (Å²) in [6, 6.07) is 3.55. The van der Waals surface area contributed by atoms with Crippen LogP contribution in [0.5, 0.6) is 0 Å². The summed E-state index contributed by atoms with van der Waals surface area (Å²) in [5, 5.41) is 0. The van der Waals surface area contributed by atoms with E-state index in [2.05, 4.69) is 25.7 Å². The van der Waals surface area contributed by atoms with Gasteiger partial charge in [0.25, 0.3) is 0 Å². The molecule has 0 bridgehead atoms. The van der Waals surface area contributed by atoms with E-state index in [4.69, 9.17) is 0 Å².